The van der Waals surface area contributed by atoms with Gasteiger partial charge in [0.2, 0.25) is 0 Å². The minimum Gasteiger partial charge on any atom is -0.382 e. The average molecular weight is 232 g/mol. The molecule has 0 saturated heterocycles. The molecule has 17 heavy (non-hydrogen) atoms. The van der Waals surface area contributed by atoms with Crippen LogP contribution in [0.4, 0.5) is 11.4 Å². The highest BCUT2D eigenvalue weighted by Crippen LogP contribution is 2.38. The van der Waals surface area contributed by atoms with Gasteiger partial charge in [-0.25, -0.2) is 0 Å². The molecule has 2 rings (SSSR count). The smallest absolute Gasteiger partial charge is 0.0362 e. The van der Waals surface area contributed by atoms with E-state index in [0.29, 0.717) is 11.5 Å². The monoisotopic (exact) mass is 232 g/mol. The second-order valence-corrected chi connectivity index (χ2v) is 6.19. The topological polar surface area (TPSA) is 15.3 Å². The van der Waals surface area contributed by atoms with E-state index in [-0.39, 0.29) is 0 Å². The molecule has 0 radical (unpaired) electrons. The second kappa shape index (κ2) is 4.59. The molecule has 0 heterocycles. The Morgan fingerprint density at radius 2 is 1.82 bits per heavy atom. The van der Waals surface area contributed by atoms with E-state index in [2.05, 4.69) is 62.4 Å². The van der Waals surface area contributed by atoms with Crippen molar-refractivity contribution >= 4 is 11.4 Å². The van der Waals surface area contributed by atoms with E-state index in [1.54, 1.807) is 0 Å². The third-order valence-corrected chi connectivity index (χ3v) is 3.72. The molecule has 2 heteroatoms. The van der Waals surface area contributed by atoms with Crippen molar-refractivity contribution in [1.82, 2.24) is 0 Å². The lowest BCUT2D eigenvalue weighted by molar-refractivity contribution is 0.378. The van der Waals surface area contributed by atoms with Gasteiger partial charge in [-0.05, 0) is 48.9 Å². The maximum atomic E-state index is 3.64. The molecule has 1 fully saturated rings. The van der Waals surface area contributed by atoms with Crippen LogP contribution in [0.5, 0.6) is 0 Å². The highest BCUT2D eigenvalue weighted by Gasteiger charge is 2.30. The van der Waals surface area contributed by atoms with Gasteiger partial charge in [-0.3, -0.25) is 0 Å². The van der Waals surface area contributed by atoms with Crippen molar-refractivity contribution in [3.8, 4) is 0 Å². The predicted octanol–water partition coefficient (Wildman–Crippen LogP) is 3.74. The van der Waals surface area contributed by atoms with Crippen LogP contribution in [0.25, 0.3) is 0 Å². The zero-order valence-corrected chi connectivity index (χ0v) is 11.5. The first-order chi connectivity index (χ1) is 7.96. The van der Waals surface area contributed by atoms with E-state index in [1.165, 1.54) is 30.6 Å². The van der Waals surface area contributed by atoms with Gasteiger partial charge in [-0.15, -0.1) is 0 Å². The van der Waals surface area contributed by atoms with Crippen LogP contribution >= 0.6 is 0 Å². The number of benzene rings is 1. The Hall–Kier alpha value is -1.18. The van der Waals surface area contributed by atoms with Gasteiger partial charge < -0.3 is 10.2 Å². The van der Waals surface area contributed by atoms with Crippen LogP contribution in [0.2, 0.25) is 0 Å². The van der Waals surface area contributed by atoms with Crippen molar-refractivity contribution in [1.29, 1.82) is 0 Å². The van der Waals surface area contributed by atoms with E-state index in [4.69, 9.17) is 0 Å². The first kappa shape index (κ1) is 12.3. The molecule has 1 unspecified atom stereocenters. The molecule has 0 aromatic heterocycles. The molecule has 0 bridgehead atoms. The minimum absolute atomic E-state index is 0.515. The quantitative estimate of drug-likeness (QED) is 0.854. The van der Waals surface area contributed by atoms with Gasteiger partial charge >= 0.3 is 0 Å². The summed E-state index contributed by atoms with van der Waals surface area (Å²) in [7, 11) is 4.14. The summed E-state index contributed by atoms with van der Waals surface area (Å²) in [5.41, 5.74) is 3.02. The molecule has 0 amide bonds. The van der Waals surface area contributed by atoms with Crippen molar-refractivity contribution in [2.24, 2.45) is 5.41 Å². The maximum Gasteiger partial charge on any atom is 0.0362 e. The highest BCUT2D eigenvalue weighted by molar-refractivity contribution is 5.54. The number of hydrogen-bond acceptors (Lipinski definition) is 2. The van der Waals surface area contributed by atoms with Gasteiger partial charge in [0.25, 0.3) is 0 Å². The lowest BCUT2D eigenvalue weighted by Gasteiger charge is -2.19. The lowest BCUT2D eigenvalue weighted by atomic mass is 9.92. The Labute approximate surface area is 105 Å². The van der Waals surface area contributed by atoms with Gasteiger partial charge in [0.1, 0.15) is 0 Å². The van der Waals surface area contributed by atoms with Crippen molar-refractivity contribution in [3.63, 3.8) is 0 Å². The summed E-state index contributed by atoms with van der Waals surface area (Å²) in [5.74, 6) is 0. The van der Waals surface area contributed by atoms with E-state index >= 15 is 0 Å². The largest absolute Gasteiger partial charge is 0.382 e. The van der Waals surface area contributed by atoms with Gasteiger partial charge in [0.15, 0.2) is 0 Å². The number of nitrogens with one attached hydrogen (secondary N) is 1. The Morgan fingerprint density at radius 1 is 1.18 bits per heavy atom. The van der Waals surface area contributed by atoms with Crippen LogP contribution < -0.4 is 10.2 Å². The van der Waals surface area contributed by atoms with Crippen molar-refractivity contribution in [2.75, 3.05) is 24.3 Å². The van der Waals surface area contributed by atoms with Crippen LogP contribution in [0.1, 0.15) is 33.1 Å². The fraction of sp³-hybridized carbons (Fsp3) is 0.600. The molecule has 94 valence electrons. The standard InChI is InChI=1S/C15H24N2/c1-15(2)10-9-13(11-15)16-12-5-7-14(8-6-12)17(3)4/h5-8,13,16H,9-11H2,1-4H3. The molecule has 1 aliphatic rings. The summed E-state index contributed by atoms with van der Waals surface area (Å²) < 4.78 is 0. The molecule has 1 aromatic rings. The van der Waals surface area contributed by atoms with Crippen molar-refractivity contribution < 1.29 is 0 Å². The second-order valence-electron chi connectivity index (χ2n) is 6.19. The van der Waals surface area contributed by atoms with Crippen LogP contribution in [-0.4, -0.2) is 20.1 Å². The van der Waals surface area contributed by atoms with E-state index in [9.17, 15) is 0 Å². The third-order valence-electron chi connectivity index (χ3n) is 3.72. The average Bonchev–Trinajstić information content (AvgIpc) is 2.59. The van der Waals surface area contributed by atoms with E-state index < -0.39 is 0 Å². The summed E-state index contributed by atoms with van der Waals surface area (Å²) >= 11 is 0. The molecule has 1 N–H and O–H groups in total. The minimum atomic E-state index is 0.515. The van der Waals surface area contributed by atoms with Gasteiger partial charge in [0.05, 0.1) is 0 Å². The maximum absolute atomic E-state index is 3.64. The summed E-state index contributed by atoms with van der Waals surface area (Å²) in [4.78, 5) is 2.13. The van der Waals surface area contributed by atoms with Crippen molar-refractivity contribution in [3.05, 3.63) is 24.3 Å². The predicted molar refractivity (Wildman–Crippen MR) is 75.8 cm³/mol. The van der Waals surface area contributed by atoms with Crippen LogP contribution in [-0.2, 0) is 0 Å². The summed E-state index contributed by atoms with van der Waals surface area (Å²) in [6.45, 7) is 4.73. The number of nitrogens with zero attached hydrogens (tertiary/aromatic N) is 1. The molecule has 0 spiro atoms. The summed E-state index contributed by atoms with van der Waals surface area (Å²) in [6.07, 6.45) is 3.91. The molecular formula is C15H24N2. The molecular weight excluding hydrogens is 208 g/mol. The Kier molecular flexibility index (Phi) is 3.32. The van der Waals surface area contributed by atoms with E-state index in [0.717, 1.165) is 0 Å². The summed E-state index contributed by atoms with van der Waals surface area (Å²) in [5, 5.41) is 3.64. The number of hydrogen-bond donors (Lipinski definition) is 1. The van der Waals surface area contributed by atoms with E-state index in [1.807, 2.05) is 0 Å². The van der Waals surface area contributed by atoms with Gasteiger partial charge in [-0.1, -0.05) is 13.8 Å². The Bertz CT molecular complexity index is 365. The normalized spacial score (nSPS) is 22.5. The molecule has 1 aliphatic carbocycles. The highest BCUT2D eigenvalue weighted by atomic mass is 15.1. The first-order valence-corrected chi connectivity index (χ1v) is 6.50. The SMILES string of the molecule is CN(C)c1ccc(NC2CCC(C)(C)C2)cc1. The molecule has 1 atom stereocenters. The number of rotatable bonds is 3. The fourth-order valence-electron chi connectivity index (χ4n) is 2.65. The first-order valence-electron chi connectivity index (χ1n) is 6.50. The molecule has 0 aliphatic heterocycles. The third kappa shape index (κ3) is 3.15. The number of anilines is 2. The van der Waals surface area contributed by atoms with Crippen LogP contribution in [0.15, 0.2) is 24.3 Å². The summed E-state index contributed by atoms with van der Waals surface area (Å²) in [6, 6.07) is 9.35. The van der Waals surface area contributed by atoms with Crippen LogP contribution in [0.3, 0.4) is 0 Å². The zero-order valence-electron chi connectivity index (χ0n) is 11.5. The van der Waals surface area contributed by atoms with Crippen LogP contribution in [0, 0.1) is 5.41 Å². The van der Waals surface area contributed by atoms with Gasteiger partial charge in [-0.2, -0.15) is 0 Å². The van der Waals surface area contributed by atoms with Crippen molar-refractivity contribution in [2.45, 2.75) is 39.2 Å². The fourth-order valence-corrected chi connectivity index (χ4v) is 2.65. The molecule has 1 aromatic carbocycles. The molecule has 1 saturated carbocycles. The Balaban J connectivity index is 1.96. The molecule has 2 nitrogen and oxygen atoms in total. The van der Waals surface area contributed by atoms with Gasteiger partial charge in [0, 0.05) is 31.5 Å². The lowest BCUT2D eigenvalue weighted by Crippen LogP contribution is -2.17. The zero-order chi connectivity index (χ0) is 12.5. The Morgan fingerprint density at radius 3 is 2.29 bits per heavy atom.